The first kappa shape index (κ1) is 13.0. The van der Waals surface area contributed by atoms with Gasteiger partial charge in [-0.3, -0.25) is 0 Å². The number of nitrogens with two attached hydrogens (primary N) is 1. The van der Waals surface area contributed by atoms with Crippen molar-refractivity contribution in [2.24, 2.45) is 5.73 Å². The molecule has 18 heavy (non-hydrogen) atoms. The fraction of sp³-hybridized carbons (Fsp3) is 0.455. The lowest BCUT2D eigenvalue weighted by Gasteiger charge is -2.23. The van der Waals surface area contributed by atoms with Crippen LogP contribution < -0.4 is 15.2 Å². The van der Waals surface area contributed by atoms with Gasteiger partial charge >= 0.3 is 6.18 Å². The summed E-state index contributed by atoms with van der Waals surface area (Å²) in [4.78, 5) is 0. The molecule has 1 aromatic carbocycles. The Hall–Kier alpha value is -1.47. The summed E-state index contributed by atoms with van der Waals surface area (Å²) in [7, 11) is 0. The van der Waals surface area contributed by atoms with Crippen LogP contribution in [0.4, 0.5) is 13.2 Å². The summed E-state index contributed by atoms with van der Waals surface area (Å²) < 4.78 is 48.9. The molecular formula is C11H12F3NO3. The second kappa shape index (κ2) is 4.66. The van der Waals surface area contributed by atoms with Crippen molar-refractivity contribution in [3.63, 3.8) is 0 Å². The van der Waals surface area contributed by atoms with Gasteiger partial charge in [0.25, 0.3) is 0 Å². The van der Waals surface area contributed by atoms with E-state index in [9.17, 15) is 18.3 Å². The summed E-state index contributed by atoms with van der Waals surface area (Å²) in [5, 5.41) is 9.55. The van der Waals surface area contributed by atoms with Gasteiger partial charge in [-0.05, 0) is 17.7 Å². The average Bonchev–Trinajstić information content (AvgIpc) is 2.35. The summed E-state index contributed by atoms with van der Waals surface area (Å²) >= 11 is 0. The Morgan fingerprint density at radius 2 is 1.78 bits per heavy atom. The molecule has 1 unspecified atom stereocenters. The molecule has 4 nitrogen and oxygen atoms in total. The Morgan fingerprint density at radius 3 is 2.28 bits per heavy atom. The van der Waals surface area contributed by atoms with Crippen LogP contribution in [-0.4, -0.2) is 24.9 Å². The molecule has 1 atom stereocenters. The van der Waals surface area contributed by atoms with Gasteiger partial charge in [0.05, 0.1) is 11.7 Å². The highest BCUT2D eigenvalue weighted by Gasteiger charge is 2.36. The lowest BCUT2D eigenvalue weighted by Crippen LogP contribution is -2.21. The predicted molar refractivity (Wildman–Crippen MR) is 56.4 cm³/mol. The zero-order valence-electron chi connectivity index (χ0n) is 9.33. The van der Waals surface area contributed by atoms with E-state index in [1.807, 2.05) is 0 Å². The number of hydrogen-bond acceptors (Lipinski definition) is 4. The molecule has 100 valence electrons. The quantitative estimate of drug-likeness (QED) is 0.848. The Balaban J connectivity index is 2.54. The zero-order chi connectivity index (χ0) is 13.3. The second-order valence-corrected chi connectivity index (χ2v) is 3.83. The molecule has 0 bridgehead atoms. The molecule has 2 rings (SSSR count). The van der Waals surface area contributed by atoms with Crippen LogP contribution in [0.2, 0.25) is 0 Å². The van der Waals surface area contributed by atoms with E-state index in [1.54, 1.807) is 0 Å². The number of rotatable bonds is 2. The SMILES string of the molecule is NCC(O)c1cc2c(cc1C(F)(F)F)OCCO2. The fourth-order valence-corrected chi connectivity index (χ4v) is 1.75. The van der Waals surface area contributed by atoms with Crippen LogP contribution in [0.15, 0.2) is 12.1 Å². The predicted octanol–water partition coefficient (Wildman–Crippen LogP) is 1.47. The van der Waals surface area contributed by atoms with E-state index >= 15 is 0 Å². The van der Waals surface area contributed by atoms with Crippen molar-refractivity contribution in [1.29, 1.82) is 0 Å². The molecule has 0 aromatic heterocycles. The molecule has 0 spiro atoms. The summed E-state index contributed by atoms with van der Waals surface area (Å²) in [5.41, 5.74) is 3.95. The van der Waals surface area contributed by atoms with Crippen LogP contribution in [0.1, 0.15) is 17.2 Å². The van der Waals surface area contributed by atoms with Crippen molar-refractivity contribution in [2.75, 3.05) is 19.8 Å². The molecule has 0 amide bonds. The van der Waals surface area contributed by atoms with E-state index < -0.39 is 17.8 Å². The highest BCUT2D eigenvalue weighted by Crippen LogP contribution is 2.42. The number of aliphatic hydroxyl groups is 1. The third-order valence-corrected chi connectivity index (χ3v) is 2.60. The molecular weight excluding hydrogens is 251 g/mol. The van der Waals surface area contributed by atoms with Crippen LogP contribution in [-0.2, 0) is 6.18 Å². The lowest BCUT2D eigenvalue weighted by atomic mass is 10.0. The highest BCUT2D eigenvalue weighted by molar-refractivity contribution is 5.50. The van der Waals surface area contributed by atoms with Crippen molar-refractivity contribution < 1.29 is 27.8 Å². The molecule has 7 heteroatoms. The van der Waals surface area contributed by atoms with Gasteiger partial charge in [-0.1, -0.05) is 0 Å². The van der Waals surface area contributed by atoms with Crippen LogP contribution in [0.5, 0.6) is 11.5 Å². The molecule has 0 aliphatic carbocycles. The number of aliphatic hydroxyl groups excluding tert-OH is 1. The summed E-state index contributed by atoms with van der Waals surface area (Å²) in [5.74, 6) is 0.221. The van der Waals surface area contributed by atoms with Gasteiger partial charge in [-0.25, -0.2) is 0 Å². The van der Waals surface area contributed by atoms with Crippen molar-refractivity contribution >= 4 is 0 Å². The smallest absolute Gasteiger partial charge is 0.416 e. The minimum Gasteiger partial charge on any atom is -0.486 e. The maximum absolute atomic E-state index is 12.9. The maximum atomic E-state index is 12.9. The number of halogens is 3. The van der Waals surface area contributed by atoms with E-state index in [4.69, 9.17) is 15.2 Å². The Kier molecular flexibility index (Phi) is 3.36. The van der Waals surface area contributed by atoms with E-state index in [-0.39, 0.29) is 36.8 Å². The van der Waals surface area contributed by atoms with E-state index in [2.05, 4.69) is 0 Å². The normalized spacial score (nSPS) is 16.5. The summed E-state index contributed by atoms with van der Waals surface area (Å²) in [6.45, 7) is 0.155. The first-order valence-electron chi connectivity index (χ1n) is 5.32. The van der Waals surface area contributed by atoms with Crippen molar-refractivity contribution in [3.05, 3.63) is 23.3 Å². The van der Waals surface area contributed by atoms with E-state index in [0.29, 0.717) is 0 Å². The molecule has 1 aromatic rings. The maximum Gasteiger partial charge on any atom is 0.416 e. The van der Waals surface area contributed by atoms with Gasteiger partial charge in [0.1, 0.15) is 13.2 Å². The number of alkyl halides is 3. The van der Waals surface area contributed by atoms with E-state index in [1.165, 1.54) is 0 Å². The van der Waals surface area contributed by atoms with Crippen LogP contribution in [0.25, 0.3) is 0 Å². The second-order valence-electron chi connectivity index (χ2n) is 3.83. The monoisotopic (exact) mass is 263 g/mol. The zero-order valence-corrected chi connectivity index (χ0v) is 9.33. The van der Waals surface area contributed by atoms with Gasteiger partial charge < -0.3 is 20.3 Å². The van der Waals surface area contributed by atoms with Crippen molar-refractivity contribution in [3.8, 4) is 11.5 Å². The van der Waals surface area contributed by atoms with Crippen LogP contribution in [0.3, 0.4) is 0 Å². The standard InChI is InChI=1S/C11H12F3NO3/c12-11(13,14)7-4-10-9(17-1-2-18-10)3-6(7)8(16)5-15/h3-4,8,16H,1-2,5,15H2. The molecule has 0 saturated carbocycles. The molecule has 3 N–H and O–H groups in total. The Labute approximate surface area is 101 Å². The topological polar surface area (TPSA) is 64.7 Å². The van der Waals surface area contributed by atoms with Crippen LogP contribution >= 0.6 is 0 Å². The van der Waals surface area contributed by atoms with Gasteiger partial charge in [0, 0.05) is 6.54 Å². The first-order valence-corrected chi connectivity index (χ1v) is 5.32. The highest BCUT2D eigenvalue weighted by atomic mass is 19.4. The summed E-state index contributed by atoms with van der Waals surface area (Å²) in [6.07, 6.45) is -5.97. The van der Waals surface area contributed by atoms with Crippen LogP contribution in [0, 0.1) is 0 Å². The third-order valence-electron chi connectivity index (χ3n) is 2.60. The molecule has 1 aliphatic rings. The molecule has 1 heterocycles. The number of ether oxygens (including phenoxy) is 2. The fourth-order valence-electron chi connectivity index (χ4n) is 1.75. The Bertz CT molecular complexity index is 448. The number of fused-ring (bicyclic) bond motifs is 1. The summed E-state index contributed by atoms with van der Waals surface area (Å²) in [6, 6.07) is 1.97. The Morgan fingerprint density at radius 1 is 1.22 bits per heavy atom. The largest absolute Gasteiger partial charge is 0.486 e. The minimum absolute atomic E-state index is 0.0292. The van der Waals surface area contributed by atoms with Crippen molar-refractivity contribution in [1.82, 2.24) is 0 Å². The minimum atomic E-state index is -4.58. The van der Waals surface area contributed by atoms with Gasteiger partial charge in [0.2, 0.25) is 0 Å². The lowest BCUT2D eigenvalue weighted by molar-refractivity contribution is -0.139. The van der Waals surface area contributed by atoms with Crippen molar-refractivity contribution in [2.45, 2.75) is 12.3 Å². The van der Waals surface area contributed by atoms with Gasteiger partial charge in [-0.2, -0.15) is 13.2 Å². The van der Waals surface area contributed by atoms with Gasteiger partial charge in [0.15, 0.2) is 11.5 Å². The van der Waals surface area contributed by atoms with E-state index in [0.717, 1.165) is 12.1 Å². The molecule has 0 fully saturated rings. The van der Waals surface area contributed by atoms with Gasteiger partial charge in [-0.15, -0.1) is 0 Å². The first-order chi connectivity index (χ1) is 8.43. The third kappa shape index (κ3) is 2.37. The molecule has 1 aliphatic heterocycles. The number of hydrogen-bond donors (Lipinski definition) is 2. The number of benzene rings is 1. The molecule has 0 radical (unpaired) electrons. The molecule has 0 saturated heterocycles. The average molecular weight is 263 g/mol.